The summed E-state index contributed by atoms with van der Waals surface area (Å²) in [6, 6.07) is 0.350. The van der Waals surface area contributed by atoms with Crippen molar-refractivity contribution in [2.24, 2.45) is 5.92 Å². The molecule has 2 unspecified atom stereocenters. The Labute approximate surface area is 103 Å². The van der Waals surface area contributed by atoms with Crippen molar-refractivity contribution < 1.29 is 4.74 Å². The summed E-state index contributed by atoms with van der Waals surface area (Å²) in [4.78, 5) is 4.51. The van der Waals surface area contributed by atoms with E-state index in [4.69, 9.17) is 4.74 Å². The van der Waals surface area contributed by atoms with Crippen LogP contribution in [0.5, 0.6) is 0 Å². The molecule has 1 aromatic rings. The van der Waals surface area contributed by atoms with Gasteiger partial charge in [-0.3, -0.25) is 0 Å². The molecule has 2 heterocycles. The van der Waals surface area contributed by atoms with Crippen molar-refractivity contribution in [3.8, 4) is 0 Å². The topological polar surface area (TPSA) is 39.1 Å². The third-order valence-corrected chi connectivity index (χ3v) is 3.47. The predicted molar refractivity (Wildman–Crippen MR) is 67.9 cm³/mol. The summed E-state index contributed by atoms with van der Waals surface area (Å²) in [7, 11) is 2.02. The van der Waals surface area contributed by atoms with E-state index in [2.05, 4.69) is 28.0 Å². The minimum absolute atomic E-state index is 0.350. The monoisotopic (exact) mass is 237 g/mol. The van der Waals surface area contributed by atoms with Crippen molar-refractivity contribution in [2.75, 3.05) is 20.3 Å². The molecule has 1 aliphatic heterocycles. The lowest BCUT2D eigenvalue weighted by molar-refractivity contribution is 0.181. The highest BCUT2D eigenvalue weighted by Crippen LogP contribution is 2.25. The van der Waals surface area contributed by atoms with Gasteiger partial charge in [0.15, 0.2) is 0 Å². The summed E-state index contributed by atoms with van der Waals surface area (Å²) in [6.07, 6.45) is 7.44. The van der Waals surface area contributed by atoms with E-state index in [0.717, 1.165) is 32.6 Å². The number of aryl methyl sites for hydroxylation is 1. The van der Waals surface area contributed by atoms with E-state index in [1.165, 1.54) is 12.2 Å². The van der Waals surface area contributed by atoms with Crippen molar-refractivity contribution >= 4 is 0 Å². The Hall–Kier alpha value is -0.870. The summed E-state index contributed by atoms with van der Waals surface area (Å²) < 4.78 is 7.70. The molecule has 0 aliphatic carbocycles. The van der Waals surface area contributed by atoms with Crippen LogP contribution in [0.25, 0.3) is 0 Å². The van der Waals surface area contributed by atoms with Crippen LogP contribution in [0, 0.1) is 5.92 Å². The molecule has 0 radical (unpaired) electrons. The van der Waals surface area contributed by atoms with Crippen LogP contribution < -0.4 is 5.32 Å². The second kappa shape index (κ2) is 6.17. The minimum Gasteiger partial charge on any atom is -0.381 e. The summed E-state index contributed by atoms with van der Waals surface area (Å²) in [5, 5.41) is 3.39. The minimum atomic E-state index is 0.350. The number of hydrogen-bond donors (Lipinski definition) is 1. The van der Waals surface area contributed by atoms with Crippen molar-refractivity contribution in [2.45, 2.75) is 38.8 Å². The molecule has 96 valence electrons. The molecule has 0 saturated carbocycles. The SMILES string of the molecule is CCCn1ccnc1C(CC1CCOC1)NC. The van der Waals surface area contributed by atoms with Crippen molar-refractivity contribution in [1.29, 1.82) is 0 Å². The lowest BCUT2D eigenvalue weighted by atomic mass is 9.99. The normalized spacial score (nSPS) is 21.9. The molecule has 2 atom stereocenters. The van der Waals surface area contributed by atoms with Gasteiger partial charge in [0.25, 0.3) is 0 Å². The number of ether oxygens (including phenoxy) is 1. The van der Waals surface area contributed by atoms with Gasteiger partial charge in [-0.25, -0.2) is 4.98 Å². The Kier molecular flexibility index (Phi) is 4.57. The van der Waals surface area contributed by atoms with Gasteiger partial charge in [0.05, 0.1) is 6.04 Å². The molecule has 4 nitrogen and oxygen atoms in total. The number of nitrogens with zero attached hydrogens (tertiary/aromatic N) is 2. The second-order valence-electron chi connectivity index (χ2n) is 4.79. The number of aromatic nitrogens is 2. The van der Waals surface area contributed by atoms with Gasteiger partial charge >= 0.3 is 0 Å². The molecular weight excluding hydrogens is 214 g/mol. The fraction of sp³-hybridized carbons (Fsp3) is 0.769. The molecule has 2 rings (SSSR count). The first-order chi connectivity index (χ1) is 8.35. The van der Waals surface area contributed by atoms with Gasteiger partial charge in [-0.2, -0.15) is 0 Å². The van der Waals surface area contributed by atoms with Crippen LogP contribution in [-0.2, 0) is 11.3 Å². The quantitative estimate of drug-likeness (QED) is 0.822. The van der Waals surface area contributed by atoms with Crippen LogP contribution in [0.2, 0.25) is 0 Å². The highest BCUT2D eigenvalue weighted by molar-refractivity contribution is 5.00. The average molecular weight is 237 g/mol. The van der Waals surface area contributed by atoms with Gasteiger partial charge in [-0.15, -0.1) is 0 Å². The van der Waals surface area contributed by atoms with Crippen LogP contribution in [0.3, 0.4) is 0 Å². The third kappa shape index (κ3) is 3.07. The first-order valence-electron chi connectivity index (χ1n) is 6.61. The number of nitrogens with one attached hydrogen (secondary N) is 1. The molecule has 0 bridgehead atoms. The molecule has 1 aromatic heterocycles. The van der Waals surface area contributed by atoms with Crippen LogP contribution in [0.1, 0.15) is 38.1 Å². The summed E-state index contributed by atoms with van der Waals surface area (Å²) in [5.74, 6) is 1.85. The maximum absolute atomic E-state index is 5.44. The van der Waals surface area contributed by atoms with E-state index < -0.39 is 0 Å². The highest BCUT2D eigenvalue weighted by Gasteiger charge is 2.23. The zero-order chi connectivity index (χ0) is 12.1. The van der Waals surface area contributed by atoms with Gasteiger partial charge in [0.2, 0.25) is 0 Å². The Balaban J connectivity index is 2.02. The fourth-order valence-corrected chi connectivity index (χ4v) is 2.52. The van der Waals surface area contributed by atoms with Crippen molar-refractivity contribution in [1.82, 2.24) is 14.9 Å². The second-order valence-corrected chi connectivity index (χ2v) is 4.79. The molecule has 1 saturated heterocycles. The molecule has 0 amide bonds. The van der Waals surface area contributed by atoms with Gasteiger partial charge < -0.3 is 14.6 Å². The van der Waals surface area contributed by atoms with Crippen LogP contribution in [0.4, 0.5) is 0 Å². The zero-order valence-corrected chi connectivity index (χ0v) is 10.9. The molecule has 0 aromatic carbocycles. The molecule has 1 fully saturated rings. The van der Waals surface area contributed by atoms with E-state index in [9.17, 15) is 0 Å². The Bertz CT molecular complexity index is 331. The predicted octanol–water partition coefficient (Wildman–Crippen LogP) is 1.98. The zero-order valence-electron chi connectivity index (χ0n) is 10.9. The van der Waals surface area contributed by atoms with E-state index in [1.54, 1.807) is 0 Å². The van der Waals surface area contributed by atoms with Crippen LogP contribution in [0.15, 0.2) is 12.4 Å². The van der Waals surface area contributed by atoms with Crippen molar-refractivity contribution in [3.63, 3.8) is 0 Å². The molecule has 17 heavy (non-hydrogen) atoms. The lowest BCUT2D eigenvalue weighted by Crippen LogP contribution is -2.23. The van der Waals surface area contributed by atoms with Gasteiger partial charge in [0.1, 0.15) is 5.82 Å². The molecule has 1 N–H and O–H groups in total. The third-order valence-electron chi connectivity index (χ3n) is 3.47. The Morgan fingerprint density at radius 3 is 3.18 bits per heavy atom. The Morgan fingerprint density at radius 2 is 2.53 bits per heavy atom. The van der Waals surface area contributed by atoms with Gasteiger partial charge in [-0.05, 0) is 32.2 Å². The van der Waals surface area contributed by atoms with E-state index >= 15 is 0 Å². The number of rotatable bonds is 6. The van der Waals surface area contributed by atoms with E-state index in [1.807, 2.05) is 13.2 Å². The van der Waals surface area contributed by atoms with E-state index in [0.29, 0.717) is 12.0 Å². The number of hydrogen-bond acceptors (Lipinski definition) is 3. The molecule has 0 spiro atoms. The van der Waals surface area contributed by atoms with Gasteiger partial charge in [-0.1, -0.05) is 6.92 Å². The first kappa shape index (κ1) is 12.6. The molecule has 4 heteroatoms. The first-order valence-corrected chi connectivity index (χ1v) is 6.61. The molecule has 1 aliphatic rings. The lowest BCUT2D eigenvalue weighted by Gasteiger charge is -2.20. The molecular formula is C13H23N3O. The van der Waals surface area contributed by atoms with Gasteiger partial charge in [0, 0.05) is 32.2 Å². The van der Waals surface area contributed by atoms with Crippen LogP contribution >= 0.6 is 0 Å². The van der Waals surface area contributed by atoms with Crippen LogP contribution in [-0.4, -0.2) is 29.8 Å². The van der Waals surface area contributed by atoms with E-state index in [-0.39, 0.29) is 0 Å². The smallest absolute Gasteiger partial charge is 0.125 e. The summed E-state index contributed by atoms with van der Waals surface area (Å²) >= 11 is 0. The fourth-order valence-electron chi connectivity index (χ4n) is 2.52. The number of imidazole rings is 1. The maximum atomic E-state index is 5.44. The van der Waals surface area contributed by atoms with Crippen molar-refractivity contribution in [3.05, 3.63) is 18.2 Å². The maximum Gasteiger partial charge on any atom is 0.125 e. The standard InChI is InChI=1S/C13H23N3O/c1-3-6-16-7-5-15-13(16)12(14-2)9-11-4-8-17-10-11/h5,7,11-12,14H,3-4,6,8-10H2,1-2H3. The largest absolute Gasteiger partial charge is 0.381 e. The summed E-state index contributed by atoms with van der Waals surface area (Å²) in [6.45, 7) is 5.08. The average Bonchev–Trinajstić information content (AvgIpc) is 2.97. The highest BCUT2D eigenvalue weighted by atomic mass is 16.5. The Morgan fingerprint density at radius 1 is 1.65 bits per heavy atom. The summed E-state index contributed by atoms with van der Waals surface area (Å²) in [5.41, 5.74) is 0.